The van der Waals surface area contributed by atoms with Gasteiger partial charge < -0.3 is 5.32 Å². The molecule has 3 aromatic rings. The third kappa shape index (κ3) is 3.01. The second-order valence-electron chi connectivity index (χ2n) is 5.66. The zero-order chi connectivity index (χ0) is 16.6. The summed E-state index contributed by atoms with van der Waals surface area (Å²) in [6.45, 7) is 4.14. The minimum atomic E-state index is -0.228. The summed E-state index contributed by atoms with van der Waals surface area (Å²) in [6, 6.07) is 12.9. The number of nitrogens with one attached hydrogen (secondary N) is 1. The van der Waals surface area contributed by atoms with Gasteiger partial charge in [-0.15, -0.1) is 0 Å². The summed E-state index contributed by atoms with van der Waals surface area (Å²) in [4.78, 5) is 4.75. The van der Waals surface area contributed by atoms with E-state index in [1.54, 1.807) is 0 Å². The van der Waals surface area contributed by atoms with Crippen LogP contribution < -0.4 is 5.32 Å². The highest BCUT2D eigenvalue weighted by Crippen LogP contribution is 2.37. The van der Waals surface area contributed by atoms with Crippen LogP contribution in [0, 0.1) is 12.7 Å². The molecule has 23 heavy (non-hydrogen) atoms. The summed E-state index contributed by atoms with van der Waals surface area (Å²) < 4.78 is 14.4. The molecule has 0 aliphatic rings. The van der Waals surface area contributed by atoms with E-state index in [0.717, 1.165) is 37.8 Å². The molecule has 0 radical (unpaired) electrons. The fourth-order valence-corrected chi connectivity index (χ4v) is 3.34. The lowest BCUT2D eigenvalue weighted by atomic mass is 9.91. The van der Waals surface area contributed by atoms with Crippen molar-refractivity contribution in [2.24, 2.45) is 0 Å². The quantitative estimate of drug-likeness (QED) is 0.666. The van der Waals surface area contributed by atoms with Crippen molar-refractivity contribution >= 4 is 26.8 Å². The Morgan fingerprint density at radius 3 is 2.48 bits per heavy atom. The molecule has 1 N–H and O–H groups in total. The smallest absolute Gasteiger partial charge is 0.123 e. The van der Waals surface area contributed by atoms with E-state index in [-0.39, 0.29) is 11.9 Å². The first-order chi connectivity index (χ1) is 11.0. The largest absolute Gasteiger partial charge is 0.313 e. The third-order valence-corrected chi connectivity index (χ3v) is 4.67. The number of nitrogens with zero attached hydrogens (tertiary/aromatic N) is 1. The van der Waals surface area contributed by atoms with E-state index in [2.05, 4.69) is 34.2 Å². The number of rotatable bonds is 3. The summed E-state index contributed by atoms with van der Waals surface area (Å²) in [7, 11) is 1.93. The Hall–Kier alpha value is -1.78. The normalized spacial score (nSPS) is 12.6. The van der Waals surface area contributed by atoms with Crippen molar-refractivity contribution < 1.29 is 4.39 Å². The molecule has 0 aliphatic heterocycles. The maximum Gasteiger partial charge on any atom is 0.123 e. The average Bonchev–Trinajstić information content (AvgIpc) is 2.54. The molecule has 1 unspecified atom stereocenters. The molecule has 3 rings (SSSR count). The number of hydrogen-bond acceptors (Lipinski definition) is 2. The van der Waals surface area contributed by atoms with E-state index in [1.807, 2.05) is 38.2 Å². The van der Waals surface area contributed by atoms with Crippen molar-refractivity contribution in [3.63, 3.8) is 0 Å². The average molecular weight is 373 g/mol. The molecule has 0 bridgehead atoms. The van der Waals surface area contributed by atoms with Crippen molar-refractivity contribution in [1.82, 2.24) is 10.3 Å². The van der Waals surface area contributed by atoms with Crippen LogP contribution in [0.5, 0.6) is 0 Å². The molecule has 0 saturated carbocycles. The van der Waals surface area contributed by atoms with Crippen LogP contribution in [-0.4, -0.2) is 12.0 Å². The second kappa shape index (κ2) is 6.38. The SMILES string of the molecule is CNC(C)c1c(C)nc2ccc(Br)cc2c1-c1ccc(F)cc1. The fourth-order valence-electron chi connectivity index (χ4n) is 2.97. The van der Waals surface area contributed by atoms with E-state index < -0.39 is 0 Å². The van der Waals surface area contributed by atoms with Gasteiger partial charge in [-0.2, -0.15) is 0 Å². The van der Waals surface area contributed by atoms with Crippen LogP contribution in [0.15, 0.2) is 46.9 Å². The van der Waals surface area contributed by atoms with Gasteiger partial charge >= 0.3 is 0 Å². The van der Waals surface area contributed by atoms with Gasteiger partial charge in [0, 0.05) is 21.6 Å². The van der Waals surface area contributed by atoms with E-state index in [9.17, 15) is 4.39 Å². The van der Waals surface area contributed by atoms with Crippen LogP contribution in [0.25, 0.3) is 22.0 Å². The topological polar surface area (TPSA) is 24.9 Å². The van der Waals surface area contributed by atoms with Gasteiger partial charge in [-0.25, -0.2) is 4.39 Å². The first-order valence-corrected chi connectivity index (χ1v) is 8.33. The van der Waals surface area contributed by atoms with Gasteiger partial charge in [0.05, 0.1) is 5.52 Å². The van der Waals surface area contributed by atoms with Crippen molar-refractivity contribution in [1.29, 1.82) is 0 Å². The molecule has 1 atom stereocenters. The number of halogens is 2. The summed E-state index contributed by atoms with van der Waals surface area (Å²) in [5.74, 6) is -0.228. The first kappa shape index (κ1) is 16.1. The Balaban J connectivity index is 2.42. The Kier molecular flexibility index (Phi) is 4.46. The minimum Gasteiger partial charge on any atom is -0.313 e. The molecule has 1 aromatic heterocycles. The predicted molar refractivity (Wildman–Crippen MR) is 97.0 cm³/mol. The maximum absolute atomic E-state index is 13.4. The molecule has 0 amide bonds. The van der Waals surface area contributed by atoms with Crippen LogP contribution in [0.4, 0.5) is 4.39 Å². The molecule has 0 spiro atoms. The van der Waals surface area contributed by atoms with Gasteiger partial charge in [-0.1, -0.05) is 28.1 Å². The Morgan fingerprint density at radius 2 is 1.83 bits per heavy atom. The standard InChI is InChI=1S/C19H18BrFN2/c1-11(22-3)18-12(2)23-17-9-6-14(20)10-16(17)19(18)13-4-7-15(21)8-5-13/h4-11,22H,1-3H3. The van der Waals surface area contributed by atoms with Gasteiger partial charge in [0.1, 0.15) is 5.82 Å². The van der Waals surface area contributed by atoms with E-state index in [0.29, 0.717) is 0 Å². The Labute approximate surface area is 143 Å². The molecule has 0 aliphatic carbocycles. The molecule has 2 nitrogen and oxygen atoms in total. The lowest BCUT2D eigenvalue weighted by molar-refractivity contribution is 0.628. The maximum atomic E-state index is 13.4. The van der Waals surface area contributed by atoms with Crippen molar-refractivity contribution in [3.05, 3.63) is 64.0 Å². The fraction of sp³-hybridized carbons (Fsp3) is 0.211. The number of aryl methyl sites for hydroxylation is 1. The number of pyridine rings is 1. The van der Waals surface area contributed by atoms with Gasteiger partial charge in [0.25, 0.3) is 0 Å². The molecular formula is C19H18BrFN2. The molecule has 0 fully saturated rings. The molecule has 1 heterocycles. The van der Waals surface area contributed by atoms with Crippen molar-refractivity contribution in [3.8, 4) is 11.1 Å². The van der Waals surface area contributed by atoms with Crippen LogP contribution >= 0.6 is 15.9 Å². The number of hydrogen-bond donors (Lipinski definition) is 1. The van der Waals surface area contributed by atoms with Gasteiger partial charge in [0.2, 0.25) is 0 Å². The predicted octanol–water partition coefficient (Wildman–Crippen LogP) is 5.39. The second-order valence-corrected chi connectivity index (χ2v) is 6.58. The highest BCUT2D eigenvalue weighted by molar-refractivity contribution is 9.10. The summed E-state index contributed by atoms with van der Waals surface area (Å²) in [5.41, 5.74) is 5.18. The molecule has 118 valence electrons. The molecule has 0 saturated heterocycles. The number of aromatic nitrogens is 1. The zero-order valence-corrected chi connectivity index (χ0v) is 14.9. The first-order valence-electron chi connectivity index (χ1n) is 7.54. The molecular weight excluding hydrogens is 355 g/mol. The van der Waals surface area contributed by atoms with Gasteiger partial charge in [-0.3, -0.25) is 4.98 Å². The van der Waals surface area contributed by atoms with Crippen LogP contribution in [0.2, 0.25) is 0 Å². The van der Waals surface area contributed by atoms with Crippen LogP contribution in [0.3, 0.4) is 0 Å². The lowest BCUT2D eigenvalue weighted by Crippen LogP contribution is -2.16. The lowest BCUT2D eigenvalue weighted by Gasteiger charge is -2.21. The third-order valence-electron chi connectivity index (χ3n) is 4.17. The van der Waals surface area contributed by atoms with E-state index >= 15 is 0 Å². The summed E-state index contributed by atoms with van der Waals surface area (Å²) in [6.07, 6.45) is 0. The monoisotopic (exact) mass is 372 g/mol. The highest BCUT2D eigenvalue weighted by atomic mass is 79.9. The Morgan fingerprint density at radius 1 is 1.13 bits per heavy atom. The van der Waals surface area contributed by atoms with E-state index in [4.69, 9.17) is 4.98 Å². The number of benzene rings is 2. The van der Waals surface area contributed by atoms with Gasteiger partial charge in [-0.05, 0) is 67.9 Å². The summed E-state index contributed by atoms with van der Waals surface area (Å²) in [5, 5.41) is 4.36. The summed E-state index contributed by atoms with van der Waals surface area (Å²) >= 11 is 3.54. The number of fused-ring (bicyclic) bond motifs is 1. The van der Waals surface area contributed by atoms with Crippen LogP contribution in [0.1, 0.15) is 24.2 Å². The van der Waals surface area contributed by atoms with E-state index in [1.165, 1.54) is 12.1 Å². The zero-order valence-electron chi connectivity index (χ0n) is 13.3. The van der Waals surface area contributed by atoms with Crippen molar-refractivity contribution in [2.45, 2.75) is 19.9 Å². The molecule has 4 heteroatoms. The highest BCUT2D eigenvalue weighted by Gasteiger charge is 2.18. The van der Waals surface area contributed by atoms with Gasteiger partial charge in [0.15, 0.2) is 0 Å². The minimum absolute atomic E-state index is 0.144. The van der Waals surface area contributed by atoms with Crippen LogP contribution in [-0.2, 0) is 0 Å². The van der Waals surface area contributed by atoms with Crippen molar-refractivity contribution in [2.75, 3.05) is 7.05 Å². The molecule has 2 aromatic carbocycles. The Bertz CT molecular complexity index is 859.